The molecular formula is C17H31N7O5. The van der Waals surface area contributed by atoms with E-state index in [0.717, 1.165) is 12.8 Å². The van der Waals surface area contributed by atoms with Gasteiger partial charge in [-0.25, -0.2) is 9.59 Å². The molecule has 12 heteroatoms. The lowest BCUT2D eigenvalue weighted by molar-refractivity contribution is -0.141. The Kier molecular flexibility index (Phi) is 8.76. The molecule has 1 saturated heterocycles. The fraction of sp³-hybridized carbons (Fsp3) is 0.765. The highest BCUT2D eigenvalue weighted by Gasteiger charge is 2.35. The van der Waals surface area contributed by atoms with Crippen molar-refractivity contribution in [1.29, 1.82) is 0 Å². The maximum atomic E-state index is 12.6. The van der Waals surface area contributed by atoms with Gasteiger partial charge in [-0.3, -0.25) is 0 Å². The molecule has 2 rings (SSSR count). The lowest BCUT2D eigenvalue weighted by Gasteiger charge is -2.24. The number of amides is 2. The minimum atomic E-state index is -1.08. The van der Waals surface area contributed by atoms with Crippen LogP contribution in [0.2, 0.25) is 0 Å². The number of aliphatic hydroxyl groups is 1. The van der Waals surface area contributed by atoms with E-state index in [1.54, 1.807) is 0 Å². The summed E-state index contributed by atoms with van der Waals surface area (Å²) >= 11 is 0. The van der Waals surface area contributed by atoms with Crippen LogP contribution in [0.5, 0.6) is 0 Å². The Morgan fingerprint density at radius 1 is 1.28 bits per heavy atom. The van der Waals surface area contributed by atoms with Crippen LogP contribution in [0.4, 0.5) is 4.79 Å². The van der Waals surface area contributed by atoms with Crippen LogP contribution in [-0.2, 0) is 4.79 Å². The van der Waals surface area contributed by atoms with E-state index < -0.39 is 36.4 Å². The SMILES string of the molecule is NCCCC[C@H](N)c1noc([C@H](CCC(N)O)NC(=O)N2CCCC2C(=O)O)n1. The predicted octanol–water partition coefficient (Wildman–Crippen LogP) is -0.445. The number of hydrogen-bond donors (Lipinski definition) is 6. The second-order valence-corrected chi connectivity index (χ2v) is 7.22. The molecule has 12 nitrogen and oxygen atoms in total. The van der Waals surface area contributed by atoms with Crippen LogP contribution in [0.3, 0.4) is 0 Å². The second kappa shape index (κ2) is 11.0. The predicted molar refractivity (Wildman–Crippen MR) is 102 cm³/mol. The normalized spacial score (nSPS) is 19.7. The quantitative estimate of drug-likeness (QED) is 0.203. The molecule has 0 bridgehead atoms. The van der Waals surface area contributed by atoms with Crippen LogP contribution >= 0.6 is 0 Å². The van der Waals surface area contributed by atoms with Crippen LogP contribution < -0.4 is 22.5 Å². The Labute approximate surface area is 168 Å². The van der Waals surface area contributed by atoms with E-state index in [1.165, 1.54) is 4.90 Å². The summed E-state index contributed by atoms with van der Waals surface area (Å²) in [6.45, 7) is 0.920. The molecule has 2 heterocycles. The number of carboxylic acid groups (broad SMARTS) is 1. The maximum absolute atomic E-state index is 12.6. The third-order valence-electron chi connectivity index (χ3n) is 4.90. The number of carbonyl (C=O) groups is 2. The highest BCUT2D eigenvalue weighted by atomic mass is 16.5. The van der Waals surface area contributed by atoms with Gasteiger partial charge in [0.15, 0.2) is 5.82 Å². The van der Waals surface area contributed by atoms with E-state index in [4.69, 9.17) is 21.7 Å². The van der Waals surface area contributed by atoms with Crippen molar-refractivity contribution in [2.75, 3.05) is 13.1 Å². The lowest BCUT2D eigenvalue weighted by Crippen LogP contribution is -2.47. The molecule has 1 aliphatic rings. The zero-order valence-corrected chi connectivity index (χ0v) is 16.4. The Bertz CT molecular complexity index is 668. The third kappa shape index (κ3) is 6.63. The molecule has 0 radical (unpaired) electrons. The number of urea groups is 1. The first kappa shape index (κ1) is 23.0. The van der Waals surface area contributed by atoms with Gasteiger partial charge in [0.05, 0.1) is 6.04 Å². The summed E-state index contributed by atoms with van der Waals surface area (Å²) < 4.78 is 5.29. The second-order valence-electron chi connectivity index (χ2n) is 7.22. The molecule has 0 aliphatic carbocycles. The Balaban J connectivity index is 2.07. The van der Waals surface area contributed by atoms with Crippen molar-refractivity contribution < 1.29 is 24.3 Å². The van der Waals surface area contributed by atoms with Crippen molar-refractivity contribution in [3.8, 4) is 0 Å². The topological polar surface area (TPSA) is 207 Å². The first-order valence-electron chi connectivity index (χ1n) is 9.86. The van der Waals surface area contributed by atoms with Gasteiger partial charge in [-0.2, -0.15) is 4.98 Å². The van der Waals surface area contributed by atoms with E-state index in [-0.39, 0.29) is 18.7 Å². The van der Waals surface area contributed by atoms with E-state index >= 15 is 0 Å². The van der Waals surface area contributed by atoms with Gasteiger partial charge in [-0.15, -0.1) is 0 Å². The Morgan fingerprint density at radius 2 is 2.03 bits per heavy atom. The van der Waals surface area contributed by atoms with Gasteiger partial charge >= 0.3 is 12.0 Å². The van der Waals surface area contributed by atoms with Crippen LogP contribution in [0, 0.1) is 0 Å². The van der Waals surface area contributed by atoms with Gasteiger partial charge in [0.1, 0.15) is 18.3 Å². The van der Waals surface area contributed by atoms with E-state index in [0.29, 0.717) is 38.2 Å². The van der Waals surface area contributed by atoms with Gasteiger partial charge < -0.3 is 42.2 Å². The molecule has 1 aromatic heterocycles. The average molecular weight is 413 g/mol. The number of likely N-dealkylation sites (tertiary alicyclic amines) is 1. The largest absolute Gasteiger partial charge is 0.480 e. The van der Waals surface area contributed by atoms with Crippen molar-refractivity contribution in [3.05, 3.63) is 11.7 Å². The van der Waals surface area contributed by atoms with Gasteiger partial charge in [-0.1, -0.05) is 11.6 Å². The van der Waals surface area contributed by atoms with Crippen molar-refractivity contribution in [2.45, 2.75) is 69.3 Å². The van der Waals surface area contributed by atoms with Crippen LogP contribution in [-0.4, -0.2) is 62.6 Å². The highest BCUT2D eigenvalue weighted by Crippen LogP contribution is 2.23. The first-order chi connectivity index (χ1) is 13.8. The van der Waals surface area contributed by atoms with Gasteiger partial charge in [0.2, 0.25) is 5.89 Å². The number of unbranched alkanes of at least 4 members (excludes halogenated alkanes) is 1. The molecule has 4 atom stereocenters. The molecule has 29 heavy (non-hydrogen) atoms. The fourth-order valence-electron chi connectivity index (χ4n) is 3.27. The number of nitrogens with one attached hydrogen (secondary N) is 1. The monoisotopic (exact) mass is 413 g/mol. The Morgan fingerprint density at radius 3 is 2.69 bits per heavy atom. The summed E-state index contributed by atoms with van der Waals surface area (Å²) in [7, 11) is 0. The molecule has 9 N–H and O–H groups in total. The minimum absolute atomic E-state index is 0.134. The molecule has 1 fully saturated rings. The zero-order chi connectivity index (χ0) is 21.4. The molecule has 1 aromatic rings. The number of carboxylic acids is 1. The van der Waals surface area contributed by atoms with Crippen molar-refractivity contribution in [2.24, 2.45) is 17.2 Å². The molecule has 2 unspecified atom stereocenters. The number of aliphatic carboxylic acids is 1. The smallest absolute Gasteiger partial charge is 0.326 e. The molecule has 0 saturated carbocycles. The molecule has 1 aliphatic heterocycles. The third-order valence-corrected chi connectivity index (χ3v) is 4.90. The number of rotatable bonds is 11. The Hall–Kier alpha value is -2.28. The highest BCUT2D eigenvalue weighted by molar-refractivity contribution is 5.83. The number of aromatic nitrogens is 2. The lowest BCUT2D eigenvalue weighted by atomic mass is 10.1. The fourth-order valence-corrected chi connectivity index (χ4v) is 3.27. The van der Waals surface area contributed by atoms with Gasteiger partial charge in [0.25, 0.3) is 0 Å². The first-order valence-corrected chi connectivity index (χ1v) is 9.86. The molecular weight excluding hydrogens is 382 g/mol. The van der Waals surface area contributed by atoms with Crippen LogP contribution in [0.25, 0.3) is 0 Å². The average Bonchev–Trinajstić information content (AvgIpc) is 3.34. The summed E-state index contributed by atoms with van der Waals surface area (Å²) in [5, 5.41) is 25.3. The van der Waals surface area contributed by atoms with Crippen molar-refractivity contribution in [1.82, 2.24) is 20.4 Å². The number of nitrogens with two attached hydrogens (primary N) is 3. The summed E-state index contributed by atoms with van der Waals surface area (Å²) in [4.78, 5) is 29.5. The number of nitrogens with zero attached hydrogens (tertiary/aromatic N) is 3. The summed E-state index contributed by atoms with van der Waals surface area (Å²) in [5.41, 5.74) is 17.0. The maximum Gasteiger partial charge on any atom is 0.326 e. The van der Waals surface area contributed by atoms with E-state index in [9.17, 15) is 19.8 Å². The van der Waals surface area contributed by atoms with Gasteiger partial charge in [0, 0.05) is 6.54 Å². The summed E-state index contributed by atoms with van der Waals surface area (Å²) in [6, 6.07) is -2.57. The molecule has 0 aromatic carbocycles. The molecule has 0 spiro atoms. The number of aliphatic hydroxyl groups excluding tert-OH is 1. The molecule has 164 valence electrons. The summed E-state index contributed by atoms with van der Waals surface area (Å²) in [5.74, 6) is -0.599. The summed E-state index contributed by atoms with van der Waals surface area (Å²) in [6.07, 6.45) is 2.65. The van der Waals surface area contributed by atoms with Crippen molar-refractivity contribution >= 4 is 12.0 Å². The zero-order valence-electron chi connectivity index (χ0n) is 16.4. The van der Waals surface area contributed by atoms with Crippen LogP contribution in [0.15, 0.2) is 4.52 Å². The number of hydrogen-bond acceptors (Lipinski definition) is 9. The standard InChI is InChI=1S/C17H31N7O5/c18-8-2-1-4-10(19)14-22-15(29-23-14)11(6-7-13(20)25)21-17(28)24-9-3-5-12(24)16(26)27/h10-13,25H,1-9,18-20H2,(H,21,28)(H,26,27)/t10-,11-,12?,13?/m0/s1. The van der Waals surface area contributed by atoms with E-state index in [2.05, 4.69) is 15.5 Å². The van der Waals surface area contributed by atoms with Crippen LogP contribution in [0.1, 0.15) is 68.7 Å². The van der Waals surface area contributed by atoms with Gasteiger partial charge in [-0.05, 0) is 45.1 Å². The molecule has 2 amide bonds. The minimum Gasteiger partial charge on any atom is -0.480 e. The number of carbonyl (C=O) groups excluding carboxylic acids is 1. The van der Waals surface area contributed by atoms with E-state index in [1.807, 2.05) is 0 Å². The van der Waals surface area contributed by atoms with Crippen molar-refractivity contribution in [3.63, 3.8) is 0 Å².